The first-order valence-electron chi connectivity index (χ1n) is 9.60. The van der Waals surface area contributed by atoms with E-state index in [2.05, 4.69) is 37.7 Å². The van der Waals surface area contributed by atoms with Gasteiger partial charge in [-0.05, 0) is 51.7 Å². The molecule has 2 rings (SSSR count). The molecule has 0 saturated carbocycles. The Kier molecular flexibility index (Phi) is 9.57. The van der Waals surface area contributed by atoms with Gasteiger partial charge in [0.05, 0.1) is 28.4 Å². The van der Waals surface area contributed by atoms with E-state index in [-0.39, 0.29) is 12.5 Å². The largest absolute Gasteiger partial charge is 0.493 e. The number of amides is 2. The third kappa shape index (κ3) is 6.74. The van der Waals surface area contributed by atoms with Crippen LogP contribution in [0, 0.1) is 18.3 Å². The van der Waals surface area contributed by atoms with Gasteiger partial charge in [-0.3, -0.25) is 9.59 Å². The average Bonchev–Trinajstić information content (AvgIpc) is 2.76. The SMILES string of the molecule is C#CCOc1c(Br)cc(/C=N/NC(=O)C(NC(=O)c2ccccc2Cl)C(C)C)cc1OC. The Balaban J connectivity index is 2.10. The molecule has 7 nitrogen and oxygen atoms in total. The van der Waals surface area contributed by atoms with E-state index < -0.39 is 17.9 Å². The maximum atomic E-state index is 12.6. The van der Waals surface area contributed by atoms with E-state index in [1.54, 1.807) is 36.4 Å². The Hall–Kier alpha value is -3.02. The lowest BCUT2D eigenvalue weighted by Gasteiger charge is -2.20. The highest BCUT2D eigenvalue weighted by Gasteiger charge is 2.25. The van der Waals surface area contributed by atoms with E-state index in [0.29, 0.717) is 32.1 Å². The lowest BCUT2D eigenvalue weighted by molar-refractivity contribution is -0.123. The van der Waals surface area contributed by atoms with Gasteiger partial charge in [0.25, 0.3) is 11.8 Å². The summed E-state index contributed by atoms with van der Waals surface area (Å²) in [6, 6.07) is 9.24. The van der Waals surface area contributed by atoms with Crippen molar-refractivity contribution in [3.05, 3.63) is 57.0 Å². The number of hydrazone groups is 1. The molecular weight excluding hydrogens is 498 g/mol. The Bertz CT molecular complexity index is 1050. The first-order chi connectivity index (χ1) is 15.3. The lowest BCUT2D eigenvalue weighted by atomic mass is 10.0. The second-order valence-electron chi connectivity index (χ2n) is 6.94. The van der Waals surface area contributed by atoms with E-state index in [1.807, 2.05) is 13.8 Å². The molecule has 9 heteroatoms. The number of methoxy groups -OCH3 is 1. The van der Waals surface area contributed by atoms with Crippen LogP contribution in [0.15, 0.2) is 46.0 Å². The van der Waals surface area contributed by atoms with Crippen molar-refractivity contribution in [2.75, 3.05) is 13.7 Å². The van der Waals surface area contributed by atoms with Crippen molar-refractivity contribution < 1.29 is 19.1 Å². The Morgan fingerprint density at radius 3 is 2.66 bits per heavy atom. The molecule has 2 aromatic rings. The normalized spacial score (nSPS) is 11.7. The molecule has 0 spiro atoms. The molecule has 1 unspecified atom stereocenters. The fourth-order valence-electron chi connectivity index (χ4n) is 2.71. The van der Waals surface area contributed by atoms with Gasteiger partial charge in [-0.2, -0.15) is 5.10 Å². The quantitative estimate of drug-likeness (QED) is 0.297. The molecule has 0 radical (unpaired) electrons. The number of rotatable bonds is 9. The zero-order valence-electron chi connectivity index (χ0n) is 17.8. The summed E-state index contributed by atoms with van der Waals surface area (Å²) in [5.41, 5.74) is 3.39. The van der Waals surface area contributed by atoms with Crippen LogP contribution in [0.1, 0.15) is 29.8 Å². The molecule has 168 valence electrons. The van der Waals surface area contributed by atoms with Gasteiger partial charge in [-0.1, -0.05) is 43.5 Å². The minimum atomic E-state index is -0.809. The third-order valence-corrected chi connectivity index (χ3v) is 5.21. The van der Waals surface area contributed by atoms with Gasteiger partial charge >= 0.3 is 0 Å². The van der Waals surface area contributed by atoms with E-state index in [9.17, 15) is 9.59 Å². The monoisotopic (exact) mass is 519 g/mol. The molecule has 0 aromatic heterocycles. The highest BCUT2D eigenvalue weighted by molar-refractivity contribution is 9.10. The number of benzene rings is 2. The standard InChI is InChI=1S/C23H23BrClN3O4/c1-5-10-32-21-17(24)11-15(12-19(21)31-4)13-26-28-23(30)20(14(2)3)27-22(29)16-8-6-7-9-18(16)25/h1,6-9,11-14,20H,10H2,2-4H3,(H,27,29)(H,28,30)/b26-13+. The van der Waals surface area contributed by atoms with Crippen molar-refractivity contribution in [2.45, 2.75) is 19.9 Å². The highest BCUT2D eigenvalue weighted by Crippen LogP contribution is 2.36. The number of hydrogen-bond acceptors (Lipinski definition) is 5. The fraction of sp³-hybridized carbons (Fsp3) is 0.261. The molecule has 2 aromatic carbocycles. The Morgan fingerprint density at radius 1 is 1.31 bits per heavy atom. The van der Waals surface area contributed by atoms with Crippen molar-refractivity contribution in [2.24, 2.45) is 11.0 Å². The van der Waals surface area contributed by atoms with Crippen LogP contribution in [0.25, 0.3) is 0 Å². The molecule has 0 aliphatic carbocycles. The molecule has 2 N–H and O–H groups in total. The second kappa shape index (κ2) is 12.1. The highest BCUT2D eigenvalue weighted by atomic mass is 79.9. The first kappa shape index (κ1) is 25.2. The van der Waals surface area contributed by atoms with Gasteiger partial charge in [0, 0.05) is 0 Å². The van der Waals surface area contributed by atoms with Crippen LogP contribution in [-0.2, 0) is 4.79 Å². The molecule has 0 saturated heterocycles. The second-order valence-corrected chi connectivity index (χ2v) is 8.20. The zero-order chi connectivity index (χ0) is 23.7. The van der Waals surface area contributed by atoms with Gasteiger partial charge < -0.3 is 14.8 Å². The molecule has 2 amide bonds. The van der Waals surface area contributed by atoms with Crippen molar-refractivity contribution >= 4 is 45.6 Å². The van der Waals surface area contributed by atoms with Gasteiger partial charge in [0.1, 0.15) is 12.6 Å². The van der Waals surface area contributed by atoms with Gasteiger partial charge in [0.15, 0.2) is 11.5 Å². The smallest absolute Gasteiger partial charge is 0.262 e. The molecule has 0 bridgehead atoms. The van der Waals surface area contributed by atoms with Crippen LogP contribution < -0.4 is 20.2 Å². The summed E-state index contributed by atoms with van der Waals surface area (Å²) >= 11 is 9.48. The molecule has 0 aliphatic rings. The van der Waals surface area contributed by atoms with Crippen LogP contribution in [0.5, 0.6) is 11.5 Å². The average molecular weight is 521 g/mol. The minimum absolute atomic E-state index is 0.0922. The summed E-state index contributed by atoms with van der Waals surface area (Å²) in [7, 11) is 1.50. The number of halogens is 2. The number of hydrogen-bond donors (Lipinski definition) is 2. The van der Waals surface area contributed by atoms with Crippen LogP contribution in [0.3, 0.4) is 0 Å². The van der Waals surface area contributed by atoms with Crippen LogP contribution in [0.2, 0.25) is 5.02 Å². The number of terminal acetylenes is 1. The van der Waals surface area contributed by atoms with E-state index in [4.69, 9.17) is 27.5 Å². The maximum Gasteiger partial charge on any atom is 0.262 e. The van der Waals surface area contributed by atoms with Crippen molar-refractivity contribution in [3.8, 4) is 23.8 Å². The van der Waals surface area contributed by atoms with Crippen molar-refractivity contribution in [3.63, 3.8) is 0 Å². The van der Waals surface area contributed by atoms with Crippen LogP contribution in [0.4, 0.5) is 0 Å². The maximum absolute atomic E-state index is 12.6. The summed E-state index contributed by atoms with van der Waals surface area (Å²) in [6.07, 6.45) is 6.68. The molecular formula is C23H23BrClN3O4. The van der Waals surface area contributed by atoms with Crippen LogP contribution in [-0.4, -0.2) is 37.8 Å². The van der Waals surface area contributed by atoms with E-state index in [1.165, 1.54) is 13.3 Å². The summed E-state index contributed by atoms with van der Waals surface area (Å²) in [4.78, 5) is 25.2. The van der Waals surface area contributed by atoms with Crippen LogP contribution >= 0.6 is 27.5 Å². The summed E-state index contributed by atoms with van der Waals surface area (Å²) in [5.74, 6) is 2.23. The summed E-state index contributed by atoms with van der Waals surface area (Å²) < 4.78 is 11.4. The van der Waals surface area contributed by atoms with Gasteiger partial charge in [-0.15, -0.1) is 6.42 Å². The minimum Gasteiger partial charge on any atom is -0.493 e. The Labute approximate surface area is 200 Å². The molecule has 0 aliphatic heterocycles. The molecule has 0 heterocycles. The lowest BCUT2D eigenvalue weighted by Crippen LogP contribution is -2.48. The van der Waals surface area contributed by atoms with E-state index >= 15 is 0 Å². The number of ether oxygens (including phenoxy) is 2. The summed E-state index contributed by atoms with van der Waals surface area (Å²) in [6.45, 7) is 3.73. The summed E-state index contributed by atoms with van der Waals surface area (Å²) in [5, 5.41) is 7.01. The van der Waals surface area contributed by atoms with Crippen molar-refractivity contribution in [1.82, 2.24) is 10.7 Å². The fourth-order valence-corrected chi connectivity index (χ4v) is 3.50. The number of carbonyl (C=O) groups excluding carboxylic acids is 2. The number of nitrogens with one attached hydrogen (secondary N) is 2. The topological polar surface area (TPSA) is 89.0 Å². The number of carbonyl (C=O) groups is 2. The zero-order valence-corrected chi connectivity index (χ0v) is 20.2. The van der Waals surface area contributed by atoms with Gasteiger partial charge in [0.2, 0.25) is 0 Å². The predicted octanol–water partition coefficient (Wildman–Crippen LogP) is 4.03. The van der Waals surface area contributed by atoms with Gasteiger partial charge in [-0.25, -0.2) is 5.43 Å². The first-order valence-corrected chi connectivity index (χ1v) is 10.8. The third-order valence-electron chi connectivity index (χ3n) is 4.29. The molecule has 0 fully saturated rings. The molecule has 32 heavy (non-hydrogen) atoms. The Morgan fingerprint density at radius 2 is 2.03 bits per heavy atom. The molecule has 1 atom stereocenters. The van der Waals surface area contributed by atoms with E-state index in [0.717, 1.165) is 0 Å². The number of nitrogens with zero attached hydrogens (tertiary/aromatic N) is 1. The van der Waals surface area contributed by atoms with Crippen molar-refractivity contribution in [1.29, 1.82) is 0 Å². The predicted molar refractivity (Wildman–Crippen MR) is 128 cm³/mol.